The number of pyridine rings is 4. The van der Waals surface area contributed by atoms with Crippen LogP contribution in [0.25, 0.3) is 60.9 Å². The molecular weight excluding hydrogens is 689 g/mol. The van der Waals surface area contributed by atoms with Crippen molar-refractivity contribution in [3.8, 4) is 44.8 Å². The van der Waals surface area contributed by atoms with E-state index in [9.17, 15) is 18.7 Å². The SMILES string of the molecule is CCO.Cc1cc(-c2ncccc2-c2ccc3ncc(C(=O)O)n3c2)ccc1F.[C-]#[N+]c1cnc2ccc(-c3cccnc3-c3ccc(F)c(C)c3)cn12. The molecule has 0 bridgehead atoms. The van der Waals surface area contributed by atoms with Crippen LogP contribution in [0, 0.1) is 32.1 Å². The fourth-order valence-electron chi connectivity index (χ4n) is 5.83. The van der Waals surface area contributed by atoms with Gasteiger partial charge in [-0.05, 0) is 98.6 Å². The standard InChI is InChI=1S/C20H13FN4.C20H14FN3O2.C2H6O/c1-13-10-14(5-7-17(13)21)20-16(4-3-9-23-20)15-6-8-18-24-11-19(22-2)25(18)12-15;1-12-9-13(4-6-16(12)21)19-15(3-2-8-22-19)14-5-7-18-23-10-17(20(25)26)24(18)11-14;1-2-3/h3-12H,1H3;2-11H,1H3,(H,25,26);3H,2H2,1H3. The molecule has 0 radical (unpaired) electrons. The average molecular weight is 722 g/mol. The van der Waals surface area contributed by atoms with Crippen molar-refractivity contribution in [2.75, 3.05) is 6.61 Å². The zero-order chi connectivity index (χ0) is 38.4. The summed E-state index contributed by atoms with van der Waals surface area (Å²) < 4.78 is 30.5. The molecule has 0 atom stereocenters. The van der Waals surface area contributed by atoms with Crippen LogP contribution in [0.15, 0.2) is 122 Å². The Morgan fingerprint density at radius 2 is 1.17 bits per heavy atom. The van der Waals surface area contributed by atoms with Crippen molar-refractivity contribution in [1.82, 2.24) is 28.7 Å². The normalized spacial score (nSPS) is 10.6. The molecule has 0 saturated heterocycles. The number of aliphatic hydroxyl groups excluding tert-OH is 1. The Bertz CT molecular complexity index is 2680. The van der Waals surface area contributed by atoms with Crippen molar-refractivity contribution >= 4 is 23.1 Å². The van der Waals surface area contributed by atoms with E-state index in [2.05, 4.69) is 24.8 Å². The maximum atomic E-state index is 13.6. The third kappa shape index (κ3) is 7.57. The number of aliphatic hydroxyl groups is 1. The van der Waals surface area contributed by atoms with E-state index in [1.807, 2.05) is 48.7 Å². The van der Waals surface area contributed by atoms with Crippen molar-refractivity contribution in [1.29, 1.82) is 0 Å². The van der Waals surface area contributed by atoms with Gasteiger partial charge in [-0.2, -0.15) is 0 Å². The van der Waals surface area contributed by atoms with Gasteiger partial charge >= 0.3 is 5.97 Å². The molecular formula is C42H33F2N7O3. The highest BCUT2D eigenvalue weighted by molar-refractivity contribution is 5.87. The molecule has 0 amide bonds. The molecule has 8 aromatic rings. The minimum atomic E-state index is -1.05. The van der Waals surface area contributed by atoms with Gasteiger partial charge in [-0.3, -0.25) is 14.4 Å². The summed E-state index contributed by atoms with van der Waals surface area (Å²) in [4.78, 5) is 32.1. The Hall–Kier alpha value is -7.10. The fraction of sp³-hybridized carbons (Fsp3) is 0.0952. The Morgan fingerprint density at radius 3 is 1.65 bits per heavy atom. The Kier molecular flexibility index (Phi) is 10.9. The second kappa shape index (κ2) is 16.1. The number of hydrogen-bond donors (Lipinski definition) is 2. The molecule has 0 aliphatic heterocycles. The molecule has 54 heavy (non-hydrogen) atoms. The number of aromatic nitrogens is 6. The second-order valence-corrected chi connectivity index (χ2v) is 12.0. The molecule has 6 aromatic heterocycles. The molecule has 0 unspecified atom stereocenters. The smallest absolute Gasteiger partial charge is 0.354 e. The van der Waals surface area contributed by atoms with Gasteiger partial charge in [0.25, 0.3) is 5.82 Å². The van der Waals surface area contributed by atoms with Crippen LogP contribution in [0.5, 0.6) is 0 Å². The Morgan fingerprint density at radius 1 is 0.704 bits per heavy atom. The number of fused-ring (bicyclic) bond motifs is 2. The predicted octanol–water partition coefficient (Wildman–Crippen LogP) is 9.27. The maximum absolute atomic E-state index is 13.6. The van der Waals surface area contributed by atoms with Crippen molar-refractivity contribution in [2.45, 2.75) is 20.8 Å². The number of hydrogen-bond acceptors (Lipinski definition) is 6. The number of benzene rings is 2. The maximum Gasteiger partial charge on any atom is 0.354 e. The molecule has 0 saturated carbocycles. The molecule has 10 nitrogen and oxygen atoms in total. The van der Waals surface area contributed by atoms with Gasteiger partial charge < -0.3 is 15.1 Å². The van der Waals surface area contributed by atoms with Crippen LogP contribution in [-0.4, -0.2) is 51.5 Å². The molecule has 268 valence electrons. The molecule has 2 N–H and O–H groups in total. The number of rotatable bonds is 5. The minimum Gasteiger partial charge on any atom is -0.477 e. The van der Waals surface area contributed by atoms with Crippen LogP contribution in [-0.2, 0) is 0 Å². The Balaban J connectivity index is 0.000000172. The lowest BCUT2D eigenvalue weighted by Gasteiger charge is -2.11. The van der Waals surface area contributed by atoms with E-state index < -0.39 is 5.97 Å². The van der Waals surface area contributed by atoms with E-state index in [1.165, 1.54) is 22.7 Å². The largest absolute Gasteiger partial charge is 0.477 e. The summed E-state index contributed by atoms with van der Waals surface area (Å²) in [5.74, 6) is -1.09. The summed E-state index contributed by atoms with van der Waals surface area (Å²) in [5, 5.41) is 16.9. The molecule has 0 spiro atoms. The van der Waals surface area contributed by atoms with Gasteiger partial charge in [0, 0.05) is 64.6 Å². The van der Waals surface area contributed by atoms with Crippen molar-refractivity contribution in [3.05, 3.63) is 162 Å². The molecule has 0 aliphatic rings. The van der Waals surface area contributed by atoms with Crippen molar-refractivity contribution in [2.24, 2.45) is 0 Å². The van der Waals surface area contributed by atoms with Gasteiger partial charge in [-0.15, -0.1) is 0 Å². The highest BCUT2D eigenvalue weighted by Crippen LogP contribution is 2.33. The first-order valence-corrected chi connectivity index (χ1v) is 16.7. The molecule has 0 fully saturated rings. The van der Waals surface area contributed by atoms with Crippen LogP contribution in [0.1, 0.15) is 28.5 Å². The first-order chi connectivity index (χ1) is 26.1. The summed E-state index contributed by atoms with van der Waals surface area (Å²) >= 11 is 0. The lowest BCUT2D eigenvalue weighted by Crippen LogP contribution is -2.01. The highest BCUT2D eigenvalue weighted by atomic mass is 19.1. The Labute approximate surface area is 309 Å². The highest BCUT2D eigenvalue weighted by Gasteiger charge is 2.15. The quantitative estimate of drug-likeness (QED) is 0.170. The van der Waals surface area contributed by atoms with E-state index in [-0.39, 0.29) is 23.9 Å². The summed E-state index contributed by atoms with van der Waals surface area (Å²) in [6.07, 6.45) is 9.89. The first kappa shape index (κ1) is 36.7. The molecule has 0 aliphatic carbocycles. The van der Waals surface area contributed by atoms with Gasteiger partial charge in [0.2, 0.25) is 5.65 Å². The zero-order valence-electron chi connectivity index (χ0n) is 29.4. The number of nitrogens with zero attached hydrogens (tertiary/aromatic N) is 7. The number of aromatic carboxylic acids is 1. The van der Waals surface area contributed by atoms with E-state index >= 15 is 0 Å². The summed E-state index contributed by atoms with van der Waals surface area (Å²) in [7, 11) is 0. The number of aryl methyl sites for hydroxylation is 2. The predicted molar refractivity (Wildman–Crippen MR) is 203 cm³/mol. The summed E-state index contributed by atoms with van der Waals surface area (Å²) in [5.41, 5.74) is 9.05. The molecule has 2 aromatic carbocycles. The zero-order valence-corrected chi connectivity index (χ0v) is 29.4. The monoisotopic (exact) mass is 721 g/mol. The lowest BCUT2D eigenvalue weighted by molar-refractivity contribution is 0.0689. The number of carbonyl (C=O) groups is 1. The third-order valence-electron chi connectivity index (χ3n) is 8.43. The number of halogens is 2. The van der Waals surface area contributed by atoms with Gasteiger partial charge in [-0.1, -0.05) is 18.7 Å². The summed E-state index contributed by atoms with van der Waals surface area (Å²) in [6.45, 7) is 12.6. The number of carboxylic acid groups (broad SMARTS) is 1. The van der Waals surface area contributed by atoms with Crippen molar-refractivity contribution in [3.63, 3.8) is 0 Å². The van der Waals surface area contributed by atoms with Crippen molar-refractivity contribution < 1.29 is 23.8 Å². The second-order valence-electron chi connectivity index (χ2n) is 12.0. The average Bonchev–Trinajstić information content (AvgIpc) is 3.81. The number of carboxylic acids is 1. The van der Waals surface area contributed by atoms with Crippen LogP contribution < -0.4 is 0 Å². The third-order valence-corrected chi connectivity index (χ3v) is 8.43. The molecule has 6 heterocycles. The van der Waals surface area contributed by atoms with Crippen LogP contribution in [0.2, 0.25) is 0 Å². The first-order valence-electron chi connectivity index (χ1n) is 16.7. The van der Waals surface area contributed by atoms with Crippen LogP contribution in [0.4, 0.5) is 14.6 Å². The number of imidazole rings is 2. The van der Waals surface area contributed by atoms with Gasteiger partial charge in [-0.25, -0.2) is 27.9 Å². The lowest BCUT2D eigenvalue weighted by atomic mass is 9.99. The van der Waals surface area contributed by atoms with Gasteiger partial charge in [0.1, 0.15) is 17.3 Å². The van der Waals surface area contributed by atoms with E-state index in [4.69, 9.17) is 11.7 Å². The van der Waals surface area contributed by atoms with E-state index in [1.54, 1.807) is 80.3 Å². The van der Waals surface area contributed by atoms with Crippen LogP contribution in [0.3, 0.4) is 0 Å². The van der Waals surface area contributed by atoms with E-state index in [0.717, 1.165) is 44.7 Å². The minimum absolute atomic E-state index is 0.0879. The van der Waals surface area contributed by atoms with Gasteiger partial charge in [0.05, 0.1) is 30.0 Å². The van der Waals surface area contributed by atoms with Gasteiger partial charge in [0.15, 0.2) is 5.69 Å². The summed E-state index contributed by atoms with van der Waals surface area (Å²) in [6, 6.07) is 24.8. The fourth-order valence-corrected chi connectivity index (χ4v) is 5.83. The molecule has 12 heteroatoms. The van der Waals surface area contributed by atoms with E-state index in [0.29, 0.717) is 28.3 Å². The molecule has 8 rings (SSSR count). The van der Waals surface area contributed by atoms with Crippen LogP contribution >= 0.6 is 0 Å². The topological polar surface area (TPSA) is 122 Å².